The Labute approximate surface area is 194 Å². The van der Waals surface area contributed by atoms with E-state index in [0.29, 0.717) is 35.3 Å². The SMILES string of the molecule is Cn1c(CNc2cccc(C(=O)N[C@H]3COc4ccc(Cl)cc43)c2)nnc1-c1ccncn1. The average molecular weight is 462 g/mol. The molecule has 10 heteroatoms. The average Bonchev–Trinajstić information content (AvgIpc) is 3.41. The molecule has 166 valence electrons. The van der Waals surface area contributed by atoms with E-state index in [0.717, 1.165) is 22.8 Å². The summed E-state index contributed by atoms with van der Waals surface area (Å²) in [6.07, 6.45) is 3.14. The summed E-state index contributed by atoms with van der Waals surface area (Å²) in [5.74, 6) is 1.94. The Bertz CT molecular complexity index is 1310. The van der Waals surface area contributed by atoms with E-state index in [-0.39, 0.29) is 11.9 Å². The number of hydrogen-bond donors (Lipinski definition) is 2. The van der Waals surface area contributed by atoms with Gasteiger partial charge in [0.25, 0.3) is 5.91 Å². The third-order valence-electron chi connectivity index (χ3n) is 5.41. The van der Waals surface area contributed by atoms with Crippen LogP contribution in [0.2, 0.25) is 5.02 Å². The van der Waals surface area contributed by atoms with Crippen LogP contribution in [0.5, 0.6) is 5.75 Å². The molecule has 33 heavy (non-hydrogen) atoms. The molecule has 0 fully saturated rings. The lowest BCUT2D eigenvalue weighted by Crippen LogP contribution is -2.29. The van der Waals surface area contributed by atoms with E-state index in [4.69, 9.17) is 16.3 Å². The number of nitrogens with one attached hydrogen (secondary N) is 2. The van der Waals surface area contributed by atoms with Gasteiger partial charge in [0.2, 0.25) is 0 Å². The number of halogens is 1. The number of rotatable bonds is 6. The molecule has 0 saturated carbocycles. The van der Waals surface area contributed by atoms with E-state index >= 15 is 0 Å². The van der Waals surface area contributed by atoms with Gasteiger partial charge in [-0.1, -0.05) is 17.7 Å². The van der Waals surface area contributed by atoms with Crippen molar-refractivity contribution in [2.75, 3.05) is 11.9 Å². The minimum absolute atomic E-state index is 0.190. The first-order valence-corrected chi connectivity index (χ1v) is 10.7. The summed E-state index contributed by atoms with van der Waals surface area (Å²) >= 11 is 6.10. The van der Waals surface area contributed by atoms with Crippen LogP contribution in [0.3, 0.4) is 0 Å². The van der Waals surface area contributed by atoms with Gasteiger partial charge in [0.1, 0.15) is 24.4 Å². The first-order valence-electron chi connectivity index (χ1n) is 10.3. The monoisotopic (exact) mass is 461 g/mol. The fraction of sp³-hybridized carbons (Fsp3) is 0.174. The molecule has 0 unspecified atom stereocenters. The highest BCUT2D eigenvalue weighted by Gasteiger charge is 2.26. The molecule has 0 radical (unpaired) electrons. The lowest BCUT2D eigenvalue weighted by atomic mass is 10.1. The highest BCUT2D eigenvalue weighted by atomic mass is 35.5. The van der Waals surface area contributed by atoms with Crippen LogP contribution in [0, 0.1) is 0 Å². The second kappa shape index (κ2) is 8.87. The summed E-state index contributed by atoms with van der Waals surface area (Å²) in [7, 11) is 1.88. The summed E-state index contributed by atoms with van der Waals surface area (Å²) in [5, 5.41) is 15.4. The van der Waals surface area contributed by atoms with Crippen molar-refractivity contribution < 1.29 is 9.53 Å². The Kier molecular flexibility index (Phi) is 5.62. The van der Waals surface area contributed by atoms with Crippen molar-refractivity contribution in [3.63, 3.8) is 0 Å². The lowest BCUT2D eigenvalue weighted by Gasteiger charge is -2.13. The molecule has 1 amide bonds. The maximum absolute atomic E-state index is 12.9. The Balaban J connectivity index is 1.26. The van der Waals surface area contributed by atoms with Crippen molar-refractivity contribution >= 4 is 23.2 Å². The van der Waals surface area contributed by atoms with Gasteiger partial charge in [0.15, 0.2) is 11.6 Å². The number of nitrogens with zero attached hydrogens (tertiary/aromatic N) is 5. The molecule has 3 heterocycles. The van der Waals surface area contributed by atoms with E-state index in [9.17, 15) is 4.79 Å². The van der Waals surface area contributed by atoms with E-state index in [1.807, 2.05) is 35.9 Å². The lowest BCUT2D eigenvalue weighted by molar-refractivity contribution is 0.0930. The maximum Gasteiger partial charge on any atom is 0.251 e. The number of benzene rings is 2. The molecule has 4 aromatic rings. The summed E-state index contributed by atoms with van der Waals surface area (Å²) in [6.45, 7) is 0.808. The second-order valence-electron chi connectivity index (χ2n) is 7.55. The van der Waals surface area contributed by atoms with E-state index in [1.165, 1.54) is 6.33 Å². The number of hydrogen-bond acceptors (Lipinski definition) is 7. The molecule has 2 N–H and O–H groups in total. The molecule has 1 atom stereocenters. The molecule has 0 aliphatic carbocycles. The van der Waals surface area contributed by atoms with Crippen molar-refractivity contribution in [3.8, 4) is 17.3 Å². The number of amides is 1. The second-order valence-corrected chi connectivity index (χ2v) is 7.98. The predicted octanol–water partition coefficient (Wildman–Crippen LogP) is 3.40. The summed E-state index contributed by atoms with van der Waals surface area (Å²) in [6, 6.07) is 14.2. The van der Waals surface area contributed by atoms with E-state index in [2.05, 4.69) is 30.8 Å². The number of anilines is 1. The molecule has 2 aromatic carbocycles. The molecule has 0 saturated heterocycles. The van der Waals surface area contributed by atoms with Crippen molar-refractivity contribution in [1.29, 1.82) is 0 Å². The molecule has 9 nitrogen and oxygen atoms in total. The van der Waals surface area contributed by atoms with Gasteiger partial charge in [0.05, 0.1) is 12.6 Å². The fourth-order valence-electron chi connectivity index (χ4n) is 3.66. The quantitative estimate of drug-likeness (QED) is 0.453. The van der Waals surface area contributed by atoms with Gasteiger partial charge in [-0.25, -0.2) is 9.97 Å². The van der Waals surface area contributed by atoms with Crippen LogP contribution in [0.25, 0.3) is 11.5 Å². The highest BCUT2D eigenvalue weighted by molar-refractivity contribution is 6.30. The van der Waals surface area contributed by atoms with Crippen LogP contribution >= 0.6 is 11.6 Å². The Hall–Kier alpha value is -3.98. The first kappa shape index (κ1) is 20.9. The van der Waals surface area contributed by atoms with Crippen LogP contribution in [0.4, 0.5) is 5.69 Å². The topological polar surface area (TPSA) is 107 Å². The van der Waals surface area contributed by atoms with Gasteiger partial charge in [-0.3, -0.25) is 4.79 Å². The van der Waals surface area contributed by atoms with Crippen molar-refractivity contribution in [3.05, 3.63) is 83.0 Å². The van der Waals surface area contributed by atoms with E-state index < -0.39 is 0 Å². The first-order chi connectivity index (χ1) is 16.1. The fourth-order valence-corrected chi connectivity index (χ4v) is 3.84. The summed E-state index contributed by atoms with van der Waals surface area (Å²) in [5.41, 5.74) is 2.91. The largest absolute Gasteiger partial charge is 0.491 e. The molecule has 2 aromatic heterocycles. The molecular formula is C23H20ClN7O2. The van der Waals surface area contributed by atoms with Gasteiger partial charge >= 0.3 is 0 Å². The third kappa shape index (κ3) is 4.35. The number of carbonyl (C=O) groups is 1. The van der Waals surface area contributed by atoms with Gasteiger partial charge < -0.3 is 19.9 Å². The highest BCUT2D eigenvalue weighted by Crippen LogP contribution is 2.34. The molecule has 0 spiro atoms. The van der Waals surface area contributed by atoms with E-state index in [1.54, 1.807) is 30.5 Å². The van der Waals surface area contributed by atoms with Crippen LogP contribution in [-0.4, -0.2) is 37.2 Å². The van der Waals surface area contributed by atoms with Crippen molar-refractivity contribution in [2.24, 2.45) is 7.05 Å². The van der Waals surface area contributed by atoms with Crippen molar-refractivity contribution in [2.45, 2.75) is 12.6 Å². The van der Waals surface area contributed by atoms with Gasteiger partial charge in [-0.2, -0.15) is 0 Å². The van der Waals surface area contributed by atoms with Gasteiger partial charge in [-0.05, 0) is 42.5 Å². The summed E-state index contributed by atoms with van der Waals surface area (Å²) in [4.78, 5) is 21.0. The maximum atomic E-state index is 12.9. The zero-order valence-corrected chi connectivity index (χ0v) is 18.5. The Morgan fingerprint density at radius 2 is 2.12 bits per heavy atom. The zero-order chi connectivity index (χ0) is 22.8. The predicted molar refractivity (Wildman–Crippen MR) is 123 cm³/mol. The molecular weight excluding hydrogens is 442 g/mol. The normalized spacial score (nSPS) is 14.4. The zero-order valence-electron chi connectivity index (χ0n) is 17.7. The van der Waals surface area contributed by atoms with Crippen LogP contribution in [-0.2, 0) is 13.6 Å². The minimum Gasteiger partial charge on any atom is -0.491 e. The summed E-state index contributed by atoms with van der Waals surface area (Å²) < 4.78 is 7.52. The number of fused-ring (bicyclic) bond motifs is 1. The smallest absolute Gasteiger partial charge is 0.251 e. The third-order valence-corrected chi connectivity index (χ3v) is 5.64. The van der Waals surface area contributed by atoms with Crippen LogP contribution in [0.1, 0.15) is 27.8 Å². The number of aromatic nitrogens is 5. The molecule has 1 aliphatic rings. The minimum atomic E-state index is -0.248. The van der Waals surface area contributed by atoms with Crippen LogP contribution < -0.4 is 15.4 Å². The molecule has 1 aliphatic heterocycles. The van der Waals surface area contributed by atoms with Crippen LogP contribution in [0.15, 0.2) is 61.1 Å². The number of ether oxygens (including phenoxy) is 1. The Morgan fingerprint density at radius 1 is 1.21 bits per heavy atom. The van der Waals surface area contributed by atoms with Gasteiger partial charge in [-0.15, -0.1) is 10.2 Å². The Morgan fingerprint density at radius 3 is 2.97 bits per heavy atom. The number of carbonyl (C=O) groups excluding carboxylic acids is 1. The molecule has 0 bridgehead atoms. The van der Waals surface area contributed by atoms with Crippen molar-refractivity contribution in [1.82, 2.24) is 30.0 Å². The standard InChI is InChI=1S/C23H20ClN7O2/c1-31-21(29-30-22(31)18-7-8-25-13-27-18)11-26-16-4-2-3-14(9-16)23(32)28-19-12-33-20-6-5-15(24)10-17(19)20/h2-10,13,19,26H,11-12H2,1H3,(H,28,32)/t19-/m0/s1. The van der Waals surface area contributed by atoms with Gasteiger partial charge in [0, 0.05) is 35.1 Å². The molecule has 5 rings (SSSR count).